The molecule has 0 bridgehead atoms. The van der Waals surface area contributed by atoms with Crippen LogP contribution in [0.25, 0.3) is 11.1 Å². The van der Waals surface area contributed by atoms with Crippen molar-refractivity contribution in [2.45, 2.75) is 5.79 Å². The summed E-state index contributed by atoms with van der Waals surface area (Å²) in [4.78, 5) is 37.3. The number of ketones is 1. The van der Waals surface area contributed by atoms with E-state index in [2.05, 4.69) is 5.32 Å². The Labute approximate surface area is 159 Å². The fourth-order valence-electron chi connectivity index (χ4n) is 3.69. The molecule has 1 aliphatic heterocycles. The summed E-state index contributed by atoms with van der Waals surface area (Å²) in [5.74, 6) is -4.22. The maximum absolute atomic E-state index is 12.7. The van der Waals surface area contributed by atoms with E-state index in [-0.39, 0.29) is 16.9 Å². The van der Waals surface area contributed by atoms with Gasteiger partial charge in [0.15, 0.2) is 5.78 Å². The summed E-state index contributed by atoms with van der Waals surface area (Å²) in [5.41, 5.74) is 3.25. The number of nitrogens with one attached hydrogen (secondary N) is 1. The number of ether oxygens (including phenoxy) is 1. The van der Waals surface area contributed by atoms with E-state index in [0.717, 1.165) is 11.1 Å². The summed E-state index contributed by atoms with van der Waals surface area (Å²) in [6.45, 7) is 0. The van der Waals surface area contributed by atoms with Crippen LogP contribution in [0, 0.1) is 0 Å². The lowest BCUT2D eigenvalue weighted by Crippen LogP contribution is -2.40. The van der Waals surface area contributed by atoms with Gasteiger partial charge in [0.05, 0.1) is 5.56 Å². The molecule has 0 saturated heterocycles. The van der Waals surface area contributed by atoms with Crippen LogP contribution < -0.4 is 5.32 Å². The molecule has 3 aromatic carbocycles. The van der Waals surface area contributed by atoms with Crippen molar-refractivity contribution in [2.24, 2.45) is 0 Å². The Morgan fingerprint density at radius 3 is 2.25 bits per heavy atom. The van der Waals surface area contributed by atoms with Crippen molar-refractivity contribution < 1.29 is 24.2 Å². The molecular formula is C22H13NO5. The molecule has 5 rings (SSSR count). The topological polar surface area (TPSA) is 92.7 Å². The number of hydrogen-bond acceptors (Lipinski definition) is 5. The number of rotatable bonds is 2. The van der Waals surface area contributed by atoms with Crippen LogP contribution in [0.5, 0.6) is 0 Å². The molecule has 1 unspecified atom stereocenters. The molecule has 6 heteroatoms. The minimum atomic E-state index is -2.42. The number of anilines is 1. The molecule has 1 atom stereocenters. The molecule has 28 heavy (non-hydrogen) atoms. The first-order valence-electron chi connectivity index (χ1n) is 8.64. The molecule has 0 fully saturated rings. The van der Waals surface area contributed by atoms with Crippen molar-refractivity contribution in [3.63, 3.8) is 0 Å². The number of carbonyl (C=O) groups excluding carboxylic acids is 3. The van der Waals surface area contributed by atoms with Gasteiger partial charge in [-0.25, -0.2) is 4.79 Å². The van der Waals surface area contributed by atoms with Crippen molar-refractivity contribution >= 4 is 23.3 Å². The predicted octanol–water partition coefficient (Wildman–Crippen LogP) is 2.85. The number of cyclic esters (lactones) is 1. The number of hydrogen-bond donors (Lipinski definition) is 2. The average Bonchev–Trinajstić information content (AvgIpc) is 3.15. The quantitative estimate of drug-likeness (QED) is 0.529. The van der Waals surface area contributed by atoms with Crippen molar-refractivity contribution in [3.05, 3.63) is 89.0 Å². The zero-order valence-electron chi connectivity index (χ0n) is 14.4. The molecule has 1 heterocycles. The van der Waals surface area contributed by atoms with Crippen LogP contribution in [0.4, 0.5) is 5.69 Å². The maximum Gasteiger partial charge on any atom is 0.341 e. The molecule has 1 aliphatic carbocycles. The first-order valence-corrected chi connectivity index (χ1v) is 8.64. The van der Waals surface area contributed by atoms with Crippen molar-refractivity contribution in [3.8, 4) is 11.1 Å². The van der Waals surface area contributed by atoms with E-state index in [4.69, 9.17) is 4.74 Å². The molecule has 2 aliphatic rings. The zero-order chi connectivity index (χ0) is 19.5. The second-order valence-corrected chi connectivity index (χ2v) is 6.67. The minimum Gasteiger partial charge on any atom is -0.415 e. The average molecular weight is 371 g/mol. The van der Waals surface area contributed by atoms with E-state index >= 15 is 0 Å². The Hall–Kier alpha value is -3.77. The minimum absolute atomic E-state index is 0.0853. The Morgan fingerprint density at radius 1 is 0.821 bits per heavy atom. The van der Waals surface area contributed by atoms with E-state index in [0.29, 0.717) is 16.8 Å². The Bertz CT molecular complexity index is 1200. The highest BCUT2D eigenvalue weighted by Gasteiger charge is 2.50. The fourth-order valence-corrected chi connectivity index (χ4v) is 3.69. The van der Waals surface area contributed by atoms with Crippen LogP contribution in [0.3, 0.4) is 0 Å². The monoisotopic (exact) mass is 371 g/mol. The van der Waals surface area contributed by atoms with Crippen molar-refractivity contribution in [2.75, 3.05) is 5.32 Å². The Morgan fingerprint density at radius 2 is 1.46 bits per heavy atom. The summed E-state index contributed by atoms with van der Waals surface area (Å²) < 4.78 is 4.96. The molecule has 3 aromatic rings. The van der Waals surface area contributed by atoms with Gasteiger partial charge in [0, 0.05) is 22.4 Å². The number of carbonyl (C=O) groups is 3. The van der Waals surface area contributed by atoms with Gasteiger partial charge in [-0.1, -0.05) is 48.5 Å². The van der Waals surface area contributed by atoms with Gasteiger partial charge in [0.25, 0.3) is 0 Å². The lowest BCUT2D eigenvalue weighted by Gasteiger charge is -2.21. The molecule has 2 N–H and O–H groups in total. The van der Waals surface area contributed by atoms with Crippen LogP contribution in [0.2, 0.25) is 0 Å². The number of aliphatic hydroxyl groups is 1. The summed E-state index contributed by atoms with van der Waals surface area (Å²) in [5, 5.41) is 13.3. The summed E-state index contributed by atoms with van der Waals surface area (Å²) >= 11 is 0. The molecule has 1 amide bonds. The van der Waals surface area contributed by atoms with Crippen LogP contribution in [-0.2, 0) is 15.3 Å². The second kappa shape index (κ2) is 5.61. The van der Waals surface area contributed by atoms with Gasteiger partial charge in [-0.3, -0.25) is 9.59 Å². The van der Waals surface area contributed by atoms with Gasteiger partial charge in [-0.2, -0.15) is 0 Å². The molecular weight excluding hydrogens is 358 g/mol. The van der Waals surface area contributed by atoms with Gasteiger partial charge in [0.1, 0.15) is 0 Å². The zero-order valence-corrected chi connectivity index (χ0v) is 14.4. The van der Waals surface area contributed by atoms with Crippen LogP contribution in [-0.4, -0.2) is 22.8 Å². The standard InChI is InChI=1S/C22H13NO5/c24-19-15-6-2-1-5-13(15)14-10-9-12(11-17(14)19)23-21(26)22(27)18-8-4-3-7-16(18)20(25)28-22/h1-11,27H,(H,23,26). The Kier molecular flexibility index (Phi) is 3.29. The third-order valence-electron chi connectivity index (χ3n) is 5.04. The van der Waals surface area contributed by atoms with E-state index in [9.17, 15) is 19.5 Å². The predicted molar refractivity (Wildman–Crippen MR) is 99.7 cm³/mol. The second-order valence-electron chi connectivity index (χ2n) is 6.67. The molecule has 0 saturated carbocycles. The van der Waals surface area contributed by atoms with E-state index in [1.54, 1.807) is 42.5 Å². The SMILES string of the molecule is O=C1c2ccccc2-c2ccc(NC(=O)C3(O)OC(=O)c4ccccc43)cc21. The van der Waals surface area contributed by atoms with Gasteiger partial charge >= 0.3 is 17.7 Å². The largest absolute Gasteiger partial charge is 0.415 e. The van der Waals surface area contributed by atoms with E-state index in [1.165, 1.54) is 12.1 Å². The first kappa shape index (κ1) is 16.4. The third-order valence-corrected chi connectivity index (χ3v) is 5.04. The lowest BCUT2D eigenvalue weighted by molar-refractivity contribution is -0.180. The molecule has 0 radical (unpaired) electrons. The summed E-state index contributed by atoms with van der Waals surface area (Å²) in [6, 6.07) is 18.4. The molecule has 6 nitrogen and oxygen atoms in total. The molecule has 136 valence electrons. The number of amides is 1. The lowest BCUT2D eigenvalue weighted by atomic mass is 10.0. The van der Waals surface area contributed by atoms with Crippen molar-refractivity contribution in [1.29, 1.82) is 0 Å². The van der Waals surface area contributed by atoms with Gasteiger partial charge in [-0.15, -0.1) is 0 Å². The first-order chi connectivity index (χ1) is 13.5. The van der Waals surface area contributed by atoms with Crippen LogP contribution in [0.15, 0.2) is 66.7 Å². The van der Waals surface area contributed by atoms with E-state index in [1.807, 2.05) is 12.1 Å². The number of benzene rings is 3. The van der Waals surface area contributed by atoms with Crippen molar-refractivity contribution in [1.82, 2.24) is 0 Å². The maximum atomic E-state index is 12.7. The fraction of sp³-hybridized carbons (Fsp3) is 0.0455. The number of esters is 1. The van der Waals surface area contributed by atoms with Gasteiger partial charge in [0.2, 0.25) is 0 Å². The highest BCUT2D eigenvalue weighted by molar-refractivity contribution is 6.22. The summed E-state index contributed by atoms with van der Waals surface area (Å²) in [6.07, 6.45) is 0. The molecule has 0 spiro atoms. The van der Waals surface area contributed by atoms with Crippen LogP contribution in [0.1, 0.15) is 31.8 Å². The molecule has 0 aromatic heterocycles. The van der Waals surface area contributed by atoms with Crippen LogP contribution >= 0.6 is 0 Å². The smallest absolute Gasteiger partial charge is 0.341 e. The summed E-state index contributed by atoms with van der Waals surface area (Å²) in [7, 11) is 0. The Balaban J connectivity index is 1.48. The van der Waals surface area contributed by atoms with Gasteiger partial charge < -0.3 is 15.2 Å². The number of fused-ring (bicyclic) bond motifs is 4. The highest BCUT2D eigenvalue weighted by Crippen LogP contribution is 2.39. The van der Waals surface area contributed by atoms with E-state index < -0.39 is 17.7 Å². The normalized spacial score (nSPS) is 18.9. The third kappa shape index (κ3) is 2.15. The van der Waals surface area contributed by atoms with Gasteiger partial charge in [-0.05, 0) is 29.3 Å². The highest BCUT2D eigenvalue weighted by atomic mass is 16.7.